The molecule has 0 aliphatic heterocycles. The average molecular weight is 205 g/mol. The van der Waals surface area contributed by atoms with E-state index in [1.165, 1.54) is 31.1 Å². The van der Waals surface area contributed by atoms with Gasteiger partial charge in [0, 0.05) is 6.54 Å². The van der Waals surface area contributed by atoms with Crippen LogP contribution in [-0.4, -0.2) is 12.5 Å². The van der Waals surface area contributed by atoms with E-state index in [-0.39, 0.29) is 5.91 Å². The summed E-state index contributed by atoms with van der Waals surface area (Å²) in [4.78, 5) is 11.5. The highest BCUT2D eigenvalue weighted by Gasteiger charge is 2.08. The molecule has 1 heterocycles. The fraction of sp³-hybridized carbons (Fsp3) is 0.417. The van der Waals surface area contributed by atoms with E-state index < -0.39 is 0 Å². The zero-order valence-corrected chi connectivity index (χ0v) is 8.66. The van der Waals surface area contributed by atoms with Crippen molar-refractivity contribution in [1.82, 2.24) is 5.32 Å². The Balaban J connectivity index is 1.72. The second-order valence-electron chi connectivity index (χ2n) is 3.74. The number of rotatable bonds is 4. The largest absolute Gasteiger partial charge is 0.459 e. The van der Waals surface area contributed by atoms with E-state index in [0.717, 1.165) is 6.42 Å². The number of hydrogen-bond donors (Lipinski definition) is 1. The molecule has 0 radical (unpaired) electrons. The topological polar surface area (TPSA) is 42.2 Å². The molecule has 1 aliphatic rings. The van der Waals surface area contributed by atoms with Crippen molar-refractivity contribution >= 4 is 5.91 Å². The van der Waals surface area contributed by atoms with Crippen LogP contribution in [0.25, 0.3) is 0 Å². The first-order valence-corrected chi connectivity index (χ1v) is 5.36. The second-order valence-corrected chi connectivity index (χ2v) is 3.74. The molecular formula is C12H15NO2. The highest BCUT2D eigenvalue weighted by atomic mass is 16.3. The minimum Gasteiger partial charge on any atom is -0.459 e. The molecule has 3 nitrogen and oxygen atoms in total. The normalized spacial score (nSPS) is 15.1. The lowest BCUT2D eigenvalue weighted by atomic mass is 10.2. The van der Waals surface area contributed by atoms with E-state index >= 15 is 0 Å². The minimum absolute atomic E-state index is 0.126. The quantitative estimate of drug-likeness (QED) is 0.767. The Hall–Kier alpha value is -1.51. The molecular weight excluding hydrogens is 190 g/mol. The Bertz CT molecular complexity index is 352. The first kappa shape index (κ1) is 10.0. The van der Waals surface area contributed by atoms with Gasteiger partial charge in [0.15, 0.2) is 5.76 Å². The second kappa shape index (κ2) is 4.82. The summed E-state index contributed by atoms with van der Waals surface area (Å²) in [7, 11) is 0. The van der Waals surface area contributed by atoms with Crippen molar-refractivity contribution < 1.29 is 9.21 Å². The lowest BCUT2D eigenvalue weighted by Crippen LogP contribution is -2.24. The molecule has 1 aliphatic carbocycles. The van der Waals surface area contributed by atoms with Crippen molar-refractivity contribution in [3.05, 3.63) is 35.8 Å². The molecule has 1 aromatic heterocycles. The summed E-state index contributed by atoms with van der Waals surface area (Å²) in [5, 5.41) is 2.84. The van der Waals surface area contributed by atoms with Crippen LogP contribution in [0.1, 0.15) is 36.2 Å². The molecule has 0 unspecified atom stereocenters. The molecule has 0 saturated carbocycles. The third kappa shape index (κ3) is 2.72. The molecule has 0 fully saturated rings. The Morgan fingerprint density at radius 2 is 2.47 bits per heavy atom. The minimum atomic E-state index is -0.126. The van der Waals surface area contributed by atoms with E-state index in [4.69, 9.17) is 4.42 Å². The number of carbonyl (C=O) groups excluding carboxylic acids is 1. The van der Waals surface area contributed by atoms with Gasteiger partial charge < -0.3 is 9.73 Å². The van der Waals surface area contributed by atoms with Crippen molar-refractivity contribution in [2.24, 2.45) is 0 Å². The van der Waals surface area contributed by atoms with E-state index in [1.54, 1.807) is 12.1 Å². The molecule has 1 aromatic rings. The summed E-state index contributed by atoms with van der Waals surface area (Å²) in [6.45, 7) is 0.700. The molecule has 1 N–H and O–H groups in total. The van der Waals surface area contributed by atoms with E-state index in [1.807, 2.05) is 0 Å². The Morgan fingerprint density at radius 1 is 1.53 bits per heavy atom. The van der Waals surface area contributed by atoms with Crippen LogP contribution >= 0.6 is 0 Å². The first-order chi connectivity index (χ1) is 7.36. The summed E-state index contributed by atoms with van der Waals surface area (Å²) in [5.74, 6) is 0.258. The Kier molecular flexibility index (Phi) is 3.22. The smallest absolute Gasteiger partial charge is 0.286 e. The average Bonchev–Trinajstić information content (AvgIpc) is 2.90. The van der Waals surface area contributed by atoms with Gasteiger partial charge in [-0.2, -0.15) is 0 Å². The van der Waals surface area contributed by atoms with Gasteiger partial charge in [0.25, 0.3) is 5.91 Å². The van der Waals surface area contributed by atoms with Crippen molar-refractivity contribution in [2.75, 3.05) is 6.54 Å². The fourth-order valence-electron chi connectivity index (χ4n) is 1.80. The number of carbonyl (C=O) groups is 1. The number of furan rings is 1. The van der Waals surface area contributed by atoms with Gasteiger partial charge >= 0.3 is 0 Å². The van der Waals surface area contributed by atoms with Gasteiger partial charge in [0.1, 0.15) is 0 Å². The molecule has 0 saturated heterocycles. The summed E-state index contributed by atoms with van der Waals surface area (Å²) in [5.41, 5.74) is 1.47. The summed E-state index contributed by atoms with van der Waals surface area (Å²) in [6, 6.07) is 3.39. The van der Waals surface area contributed by atoms with E-state index in [9.17, 15) is 4.79 Å². The molecule has 3 heteroatoms. The third-order valence-corrected chi connectivity index (χ3v) is 2.61. The van der Waals surface area contributed by atoms with Gasteiger partial charge in [-0.05, 0) is 37.8 Å². The SMILES string of the molecule is O=C(NCCC1=CCCC1)c1ccco1. The van der Waals surface area contributed by atoms with Crippen molar-refractivity contribution in [3.8, 4) is 0 Å². The van der Waals surface area contributed by atoms with Crippen LogP contribution in [0.2, 0.25) is 0 Å². The van der Waals surface area contributed by atoms with Gasteiger partial charge in [0.05, 0.1) is 6.26 Å². The summed E-state index contributed by atoms with van der Waals surface area (Å²) in [6.07, 6.45) is 8.40. The van der Waals surface area contributed by atoms with Crippen LogP contribution in [-0.2, 0) is 0 Å². The zero-order chi connectivity index (χ0) is 10.5. The Labute approximate surface area is 89.2 Å². The van der Waals surface area contributed by atoms with Crippen molar-refractivity contribution in [2.45, 2.75) is 25.7 Å². The number of nitrogens with one attached hydrogen (secondary N) is 1. The summed E-state index contributed by atoms with van der Waals surface area (Å²) < 4.78 is 4.99. The molecule has 2 rings (SSSR count). The van der Waals surface area contributed by atoms with Crippen LogP contribution in [0, 0.1) is 0 Å². The van der Waals surface area contributed by atoms with Gasteiger partial charge in [0.2, 0.25) is 0 Å². The van der Waals surface area contributed by atoms with Crippen LogP contribution < -0.4 is 5.32 Å². The van der Waals surface area contributed by atoms with Crippen LogP contribution in [0.3, 0.4) is 0 Å². The maximum Gasteiger partial charge on any atom is 0.286 e. The zero-order valence-electron chi connectivity index (χ0n) is 8.66. The number of amides is 1. The maximum absolute atomic E-state index is 11.5. The van der Waals surface area contributed by atoms with Gasteiger partial charge in [-0.25, -0.2) is 0 Å². The molecule has 15 heavy (non-hydrogen) atoms. The van der Waals surface area contributed by atoms with Crippen molar-refractivity contribution in [3.63, 3.8) is 0 Å². The van der Waals surface area contributed by atoms with Crippen molar-refractivity contribution in [1.29, 1.82) is 0 Å². The van der Waals surface area contributed by atoms with Gasteiger partial charge in [-0.1, -0.05) is 11.6 Å². The highest BCUT2D eigenvalue weighted by Crippen LogP contribution is 2.19. The predicted octanol–water partition coefficient (Wildman–Crippen LogP) is 2.51. The monoisotopic (exact) mass is 205 g/mol. The van der Waals surface area contributed by atoms with E-state index in [2.05, 4.69) is 11.4 Å². The molecule has 0 bridgehead atoms. The molecule has 0 aromatic carbocycles. The highest BCUT2D eigenvalue weighted by molar-refractivity contribution is 5.91. The fourth-order valence-corrected chi connectivity index (χ4v) is 1.80. The maximum atomic E-state index is 11.5. The summed E-state index contributed by atoms with van der Waals surface area (Å²) >= 11 is 0. The van der Waals surface area contributed by atoms with Crippen LogP contribution in [0.15, 0.2) is 34.5 Å². The lowest BCUT2D eigenvalue weighted by molar-refractivity contribution is 0.0926. The molecule has 0 atom stereocenters. The predicted molar refractivity (Wildman–Crippen MR) is 57.6 cm³/mol. The van der Waals surface area contributed by atoms with E-state index in [0.29, 0.717) is 12.3 Å². The molecule has 0 spiro atoms. The number of hydrogen-bond acceptors (Lipinski definition) is 2. The van der Waals surface area contributed by atoms with Gasteiger partial charge in [-0.15, -0.1) is 0 Å². The molecule has 1 amide bonds. The van der Waals surface area contributed by atoms with Crippen LogP contribution in [0.5, 0.6) is 0 Å². The number of allylic oxidation sites excluding steroid dienone is 1. The van der Waals surface area contributed by atoms with Gasteiger partial charge in [-0.3, -0.25) is 4.79 Å². The lowest BCUT2D eigenvalue weighted by Gasteiger charge is -2.03. The molecule has 80 valence electrons. The standard InChI is InChI=1S/C12H15NO2/c14-12(11-6-3-9-15-11)13-8-7-10-4-1-2-5-10/h3-4,6,9H,1-2,5,7-8H2,(H,13,14). The van der Waals surface area contributed by atoms with Crippen LogP contribution in [0.4, 0.5) is 0 Å². The first-order valence-electron chi connectivity index (χ1n) is 5.36. The third-order valence-electron chi connectivity index (χ3n) is 2.61. The Morgan fingerprint density at radius 3 is 3.13 bits per heavy atom.